The molecule has 4 nitrogen and oxygen atoms in total. The molecule has 4 rings (SSSR count). The van der Waals surface area contributed by atoms with Crippen molar-refractivity contribution in [2.24, 2.45) is 0 Å². The van der Waals surface area contributed by atoms with Gasteiger partial charge in [-0.25, -0.2) is 4.39 Å². The van der Waals surface area contributed by atoms with E-state index in [1.807, 2.05) is 18.3 Å². The van der Waals surface area contributed by atoms with Crippen LogP contribution in [0.15, 0.2) is 36.7 Å². The van der Waals surface area contributed by atoms with E-state index < -0.39 is 5.67 Å². The van der Waals surface area contributed by atoms with Gasteiger partial charge < -0.3 is 9.88 Å². The molecule has 1 saturated heterocycles. The summed E-state index contributed by atoms with van der Waals surface area (Å²) in [6.07, 6.45) is 7.60. The lowest BCUT2D eigenvalue weighted by Crippen LogP contribution is -2.43. The maximum Gasteiger partial charge on any atom is 0.255 e. The molecule has 1 aliphatic carbocycles. The van der Waals surface area contributed by atoms with Crippen LogP contribution in [0.5, 0.6) is 0 Å². The standard InChI is InChI=1S/C19H22FN3O/c20-19(16-6-1-2-10-21-16)8-12-23(13-9-19)18(24)15-7-11-22-17(15)14-4-3-5-14/h1-2,6-7,10-11,14,22H,3-5,8-9,12-13H2. The SMILES string of the molecule is O=C(c1cc[nH]c1C1CCC1)N1CCC(F)(c2ccccn2)CC1. The van der Waals surface area contributed by atoms with Crippen molar-refractivity contribution in [1.82, 2.24) is 14.9 Å². The fraction of sp³-hybridized carbons (Fsp3) is 0.474. The topological polar surface area (TPSA) is 49.0 Å². The van der Waals surface area contributed by atoms with E-state index in [1.54, 1.807) is 23.2 Å². The van der Waals surface area contributed by atoms with Crippen LogP contribution in [0.25, 0.3) is 0 Å². The smallest absolute Gasteiger partial charge is 0.255 e. The quantitative estimate of drug-likeness (QED) is 0.933. The van der Waals surface area contributed by atoms with Gasteiger partial charge in [-0.15, -0.1) is 0 Å². The molecule has 126 valence electrons. The number of piperidine rings is 1. The second-order valence-electron chi connectivity index (χ2n) is 6.91. The number of aromatic nitrogens is 2. The minimum absolute atomic E-state index is 0.0289. The Morgan fingerprint density at radius 3 is 2.67 bits per heavy atom. The van der Waals surface area contributed by atoms with Crippen molar-refractivity contribution in [3.63, 3.8) is 0 Å². The Kier molecular flexibility index (Phi) is 3.87. The van der Waals surface area contributed by atoms with E-state index >= 15 is 4.39 Å². The normalized spacial score (nSPS) is 20.6. The highest BCUT2D eigenvalue weighted by atomic mass is 19.1. The molecular formula is C19H22FN3O. The number of nitrogens with one attached hydrogen (secondary N) is 1. The van der Waals surface area contributed by atoms with E-state index in [4.69, 9.17) is 0 Å². The highest BCUT2D eigenvalue weighted by Gasteiger charge is 2.39. The van der Waals surface area contributed by atoms with Crippen molar-refractivity contribution in [3.8, 4) is 0 Å². The van der Waals surface area contributed by atoms with Crippen LogP contribution < -0.4 is 0 Å². The molecule has 1 amide bonds. The first-order valence-electron chi connectivity index (χ1n) is 8.74. The summed E-state index contributed by atoms with van der Waals surface area (Å²) in [5.74, 6) is 0.513. The molecule has 3 heterocycles. The first-order chi connectivity index (χ1) is 11.7. The van der Waals surface area contributed by atoms with Crippen LogP contribution in [0, 0.1) is 0 Å². The maximum atomic E-state index is 15.1. The summed E-state index contributed by atoms with van der Waals surface area (Å²) >= 11 is 0. The Balaban J connectivity index is 1.46. The van der Waals surface area contributed by atoms with Crippen LogP contribution in [0.4, 0.5) is 4.39 Å². The average Bonchev–Trinajstić information content (AvgIpc) is 3.03. The van der Waals surface area contributed by atoms with E-state index in [2.05, 4.69) is 9.97 Å². The molecule has 5 heteroatoms. The number of H-pyrrole nitrogens is 1. The number of carbonyl (C=O) groups excluding carboxylic acids is 1. The number of nitrogens with zero attached hydrogens (tertiary/aromatic N) is 2. The maximum absolute atomic E-state index is 15.1. The number of halogens is 1. The van der Waals surface area contributed by atoms with Crippen molar-refractivity contribution in [2.45, 2.75) is 43.7 Å². The molecule has 0 radical (unpaired) electrons. The molecule has 0 spiro atoms. The zero-order valence-corrected chi connectivity index (χ0v) is 13.7. The molecular weight excluding hydrogens is 305 g/mol. The summed E-state index contributed by atoms with van der Waals surface area (Å²) in [6.45, 7) is 0.863. The zero-order chi connectivity index (χ0) is 16.6. The van der Waals surface area contributed by atoms with E-state index in [1.165, 1.54) is 6.42 Å². The molecule has 24 heavy (non-hydrogen) atoms. The second-order valence-corrected chi connectivity index (χ2v) is 6.91. The third-order valence-corrected chi connectivity index (χ3v) is 5.49. The van der Waals surface area contributed by atoms with Gasteiger partial charge in [0.2, 0.25) is 0 Å². The highest BCUT2D eigenvalue weighted by Crippen LogP contribution is 2.39. The summed E-state index contributed by atoms with van der Waals surface area (Å²) in [4.78, 5) is 22.0. The molecule has 1 N–H and O–H groups in total. The number of hydrogen-bond donors (Lipinski definition) is 1. The predicted molar refractivity (Wildman–Crippen MR) is 89.5 cm³/mol. The summed E-state index contributed by atoms with van der Waals surface area (Å²) in [7, 11) is 0. The zero-order valence-electron chi connectivity index (χ0n) is 13.7. The van der Waals surface area contributed by atoms with Crippen molar-refractivity contribution < 1.29 is 9.18 Å². The van der Waals surface area contributed by atoms with Gasteiger partial charge in [-0.1, -0.05) is 12.5 Å². The third-order valence-electron chi connectivity index (χ3n) is 5.49. The number of likely N-dealkylation sites (tertiary alicyclic amines) is 1. The Hall–Kier alpha value is -2.17. The largest absolute Gasteiger partial charge is 0.364 e. The van der Waals surface area contributed by atoms with Gasteiger partial charge in [-0.3, -0.25) is 9.78 Å². The van der Waals surface area contributed by atoms with Crippen molar-refractivity contribution in [3.05, 3.63) is 53.6 Å². The fourth-order valence-corrected chi connectivity index (χ4v) is 3.72. The van der Waals surface area contributed by atoms with Gasteiger partial charge in [-0.2, -0.15) is 0 Å². The lowest BCUT2D eigenvalue weighted by atomic mass is 9.81. The Bertz CT molecular complexity index is 715. The fourth-order valence-electron chi connectivity index (χ4n) is 3.72. The van der Waals surface area contributed by atoms with Gasteiger partial charge in [0.25, 0.3) is 5.91 Å². The first kappa shape index (κ1) is 15.4. The van der Waals surface area contributed by atoms with Crippen LogP contribution in [0.2, 0.25) is 0 Å². The van der Waals surface area contributed by atoms with E-state index in [0.717, 1.165) is 24.1 Å². The Labute approximate surface area is 141 Å². The van der Waals surface area contributed by atoms with Crippen LogP contribution >= 0.6 is 0 Å². The van der Waals surface area contributed by atoms with Crippen LogP contribution in [-0.2, 0) is 5.67 Å². The van der Waals surface area contributed by atoms with Crippen molar-refractivity contribution in [1.29, 1.82) is 0 Å². The lowest BCUT2D eigenvalue weighted by molar-refractivity contribution is 0.0401. The minimum Gasteiger partial charge on any atom is -0.364 e. The average molecular weight is 327 g/mol. The van der Waals surface area contributed by atoms with Crippen molar-refractivity contribution in [2.75, 3.05) is 13.1 Å². The minimum atomic E-state index is -1.42. The van der Waals surface area contributed by atoms with Gasteiger partial charge >= 0.3 is 0 Å². The van der Waals surface area contributed by atoms with Crippen LogP contribution in [0.3, 0.4) is 0 Å². The number of carbonyl (C=O) groups is 1. The molecule has 2 fully saturated rings. The number of amides is 1. The van der Waals surface area contributed by atoms with Crippen LogP contribution in [-0.4, -0.2) is 33.9 Å². The summed E-state index contributed by atoms with van der Waals surface area (Å²) in [6, 6.07) is 7.20. The molecule has 2 aromatic heterocycles. The Morgan fingerprint density at radius 1 is 1.25 bits per heavy atom. The summed E-state index contributed by atoms with van der Waals surface area (Å²) < 4.78 is 15.1. The van der Waals surface area contributed by atoms with E-state index in [9.17, 15) is 4.79 Å². The third kappa shape index (κ3) is 2.62. The van der Waals surface area contributed by atoms with Gasteiger partial charge in [-0.05, 0) is 37.0 Å². The van der Waals surface area contributed by atoms with Crippen molar-refractivity contribution >= 4 is 5.91 Å². The number of aromatic amines is 1. The molecule has 1 aliphatic heterocycles. The number of pyridine rings is 1. The molecule has 0 bridgehead atoms. The lowest BCUT2D eigenvalue weighted by Gasteiger charge is -2.36. The van der Waals surface area contributed by atoms with Gasteiger partial charge in [0.05, 0.1) is 11.3 Å². The highest BCUT2D eigenvalue weighted by molar-refractivity contribution is 5.95. The molecule has 2 aromatic rings. The number of hydrogen-bond acceptors (Lipinski definition) is 2. The monoisotopic (exact) mass is 327 g/mol. The number of alkyl halides is 1. The summed E-state index contributed by atoms with van der Waals surface area (Å²) in [5, 5.41) is 0. The van der Waals surface area contributed by atoms with Gasteiger partial charge in [0.15, 0.2) is 5.67 Å². The van der Waals surface area contributed by atoms with Crippen LogP contribution in [0.1, 0.15) is 59.8 Å². The molecule has 0 unspecified atom stereocenters. The number of rotatable bonds is 3. The van der Waals surface area contributed by atoms with E-state index in [-0.39, 0.29) is 5.91 Å². The molecule has 2 aliphatic rings. The van der Waals surface area contributed by atoms with E-state index in [0.29, 0.717) is 37.5 Å². The molecule has 0 atom stereocenters. The molecule has 0 aromatic carbocycles. The second kappa shape index (κ2) is 6.04. The van der Waals surface area contributed by atoms with Gasteiger partial charge in [0.1, 0.15) is 0 Å². The summed E-state index contributed by atoms with van der Waals surface area (Å²) in [5.41, 5.74) is 0.887. The predicted octanol–water partition coefficient (Wildman–Crippen LogP) is 3.78. The Morgan fingerprint density at radius 2 is 2.04 bits per heavy atom. The first-order valence-corrected chi connectivity index (χ1v) is 8.74. The van der Waals surface area contributed by atoms with Gasteiger partial charge in [0, 0.05) is 44.0 Å². The molecule has 1 saturated carbocycles.